The third-order valence-electron chi connectivity index (χ3n) is 5.68. The number of ether oxygens (including phenoxy) is 3. The van der Waals surface area contributed by atoms with E-state index >= 15 is 0 Å². The van der Waals surface area contributed by atoms with Gasteiger partial charge in [0.25, 0.3) is 5.91 Å². The molecule has 2 heterocycles. The van der Waals surface area contributed by atoms with Crippen LogP contribution in [-0.2, 0) is 14.3 Å². The molecule has 1 aromatic carbocycles. The van der Waals surface area contributed by atoms with Gasteiger partial charge in [-0.2, -0.15) is 5.10 Å². The maximum Gasteiger partial charge on any atom is 0.253 e. The molecule has 2 aromatic rings. The fourth-order valence-electron chi connectivity index (χ4n) is 3.89. The lowest BCUT2D eigenvalue weighted by molar-refractivity contribution is -0.148. The van der Waals surface area contributed by atoms with Crippen LogP contribution in [0.1, 0.15) is 37.9 Å². The SMILES string of the molecule is COCCCOc1cc([C@@H](C)N(C(=O)[C@H]2CNCCO2)C2CC2)nn1-c1ccccc1. The molecule has 8 heteroatoms. The summed E-state index contributed by atoms with van der Waals surface area (Å²) in [6.07, 6.45) is 2.41. The highest BCUT2D eigenvalue weighted by Crippen LogP contribution is 2.36. The minimum absolute atomic E-state index is 0.0408. The average molecular weight is 429 g/mol. The molecule has 0 spiro atoms. The van der Waals surface area contributed by atoms with Crippen LogP contribution < -0.4 is 10.1 Å². The van der Waals surface area contributed by atoms with E-state index in [-0.39, 0.29) is 18.0 Å². The van der Waals surface area contributed by atoms with Crippen LogP contribution in [0.3, 0.4) is 0 Å². The molecule has 0 radical (unpaired) electrons. The van der Waals surface area contributed by atoms with E-state index < -0.39 is 6.10 Å². The van der Waals surface area contributed by atoms with Gasteiger partial charge < -0.3 is 24.4 Å². The van der Waals surface area contributed by atoms with Crippen LogP contribution in [-0.4, -0.2) is 72.8 Å². The highest BCUT2D eigenvalue weighted by Gasteiger charge is 2.40. The molecule has 1 aliphatic heterocycles. The third-order valence-corrected chi connectivity index (χ3v) is 5.68. The van der Waals surface area contributed by atoms with Gasteiger partial charge in [-0.25, -0.2) is 4.68 Å². The Hall–Kier alpha value is -2.42. The second-order valence-electron chi connectivity index (χ2n) is 8.07. The second kappa shape index (κ2) is 10.3. The summed E-state index contributed by atoms with van der Waals surface area (Å²) in [4.78, 5) is 15.2. The van der Waals surface area contributed by atoms with E-state index in [1.54, 1.807) is 7.11 Å². The standard InChI is InChI=1S/C23H32N4O4/c1-17(26(18-9-10-18)23(28)21-16-24-11-14-30-21)20-15-22(31-13-6-12-29-2)27(25-20)19-7-4-3-5-8-19/h3-5,7-8,15,17-18,21,24H,6,9-14,16H2,1-2H3/t17-,21-/m1/s1. The van der Waals surface area contributed by atoms with E-state index in [1.165, 1.54) is 0 Å². The van der Waals surface area contributed by atoms with Gasteiger partial charge >= 0.3 is 0 Å². The van der Waals surface area contributed by atoms with Crippen molar-refractivity contribution in [2.45, 2.75) is 44.4 Å². The predicted molar refractivity (Wildman–Crippen MR) is 116 cm³/mol. The summed E-state index contributed by atoms with van der Waals surface area (Å²) in [6, 6.07) is 11.9. The molecular formula is C23H32N4O4. The molecule has 4 rings (SSSR count). The number of aromatic nitrogens is 2. The van der Waals surface area contributed by atoms with E-state index in [4.69, 9.17) is 19.3 Å². The Balaban J connectivity index is 1.57. The largest absolute Gasteiger partial charge is 0.477 e. The third kappa shape index (κ3) is 5.26. The molecule has 1 aliphatic carbocycles. The van der Waals surface area contributed by atoms with Gasteiger partial charge in [0.1, 0.15) is 6.10 Å². The Labute approximate surface area is 183 Å². The van der Waals surface area contributed by atoms with Gasteiger partial charge in [-0.1, -0.05) is 18.2 Å². The van der Waals surface area contributed by atoms with Gasteiger partial charge in [0.2, 0.25) is 5.88 Å². The molecule has 1 N–H and O–H groups in total. The van der Waals surface area contributed by atoms with Crippen LogP contribution in [0.5, 0.6) is 5.88 Å². The van der Waals surface area contributed by atoms with Crippen molar-refractivity contribution in [3.63, 3.8) is 0 Å². The lowest BCUT2D eigenvalue weighted by Crippen LogP contribution is -2.50. The van der Waals surface area contributed by atoms with Gasteiger partial charge in [0.15, 0.2) is 0 Å². The first-order chi connectivity index (χ1) is 15.2. The predicted octanol–water partition coefficient (Wildman–Crippen LogP) is 2.33. The fraction of sp³-hybridized carbons (Fsp3) is 0.565. The molecule has 2 atom stereocenters. The molecular weight excluding hydrogens is 396 g/mol. The molecule has 8 nitrogen and oxygen atoms in total. The molecule has 1 saturated carbocycles. The Morgan fingerprint density at radius 2 is 2.13 bits per heavy atom. The first-order valence-electron chi connectivity index (χ1n) is 11.1. The van der Waals surface area contributed by atoms with Crippen molar-refractivity contribution in [1.29, 1.82) is 0 Å². The second-order valence-corrected chi connectivity index (χ2v) is 8.07. The number of carbonyl (C=O) groups excluding carboxylic acids is 1. The van der Waals surface area contributed by atoms with Crippen molar-refractivity contribution in [3.05, 3.63) is 42.1 Å². The number of hydrogen-bond donors (Lipinski definition) is 1. The zero-order valence-electron chi connectivity index (χ0n) is 18.3. The Morgan fingerprint density at radius 3 is 2.81 bits per heavy atom. The number of rotatable bonds is 10. The van der Waals surface area contributed by atoms with Gasteiger partial charge in [0, 0.05) is 45.3 Å². The number of nitrogens with zero attached hydrogens (tertiary/aromatic N) is 3. The summed E-state index contributed by atoms with van der Waals surface area (Å²) in [7, 11) is 1.68. The summed E-state index contributed by atoms with van der Waals surface area (Å²) >= 11 is 0. The molecule has 0 bridgehead atoms. The summed E-state index contributed by atoms with van der Waals surface area (Å²) in [5.74, 6) is 0.710. The molecule has 2 fully saturated rings. The molecule has 31 heavy (non-hydrogen) atoms. The van der Waals surface area contributed by atoms with E-state index in [9.17, 15) is 4.79 Å². The van der Waals surface area contributed by atoms with Crippen molar-refractivity contribution in [3.8, 4) is 11.6 Å². The highest BCUT2D eigenvalue weighted by atomic mass is 16.5. The maximum absolute atomic E-state index is 13.3. The number of nitrogens with one attached hydrogen (secondary N) is 1. The Morgan fingerprint density at radius 1 is 1.32 bits per heavy atom. The first-order valence-corrected chi connectivity index (χ1v) is 11.1. The van der Waals surface area contributed by atoms with Gasteiger partial charge in [0.05, 0.1) is 30.6 Å². The topological polar surface area (TPSA) is 77.8 Å². The Bertz CT molecular complexity index is 847. The number of carbonyl (C=O) groups is 1. The van der Waals surface area contributed by atoms with E-state index in [2.05, 4.69) is 5.32 Å². The van der Waals surface area contributed by atoms with Crippen molar-refractivity contribution >= 4 is 5.91 Å². The zero-order valence-corrected chi connectivity index (χ0v) is 18.3. The molecule has 1 amide bonds. The Kier molecular flexibility index (Phi) is 7.21. The monoisotopic (exact) mass is 428 g/mol. The minimum Gasteiger partial charge on any atom is -0.477 e. The number of amides is 1. The lowest BCUT2D eigenvalue weighted by atomic mass is 10.1. The van der Waals surface area contributed by atoms with Gasteiger partial charge in [-0.05, 0) is 31.9 Å². The number of methoxy groups -OCH3 is 1. The van der Waals surface area contributed by atoms with E-state index in [0.29, 0.717) is 32.2 Å². The van der Waals surface area contributed by atoms with Crippen LogP contribution in [0.2, 0.25) is 0 Å². The lowest BCUT2D eigenvalue weighted by Gasteiger charge is -2.33. The summed E-state index contributed by atoms with van der Waals surface area (Å²) in [5.41, 5.74) is 1.74. The normalized spacial score (nSPS) is 19.7. The first kappa shape index (κ1) is 21.8. The smallest absolute Gasteiger partial charge is 0.253 e. The number of benzene rings is 1. The minimum atomic E-state index is -0.433. The molecule has 2 aliphatic rings. The highest BCUT2D eigenvalue weighted by molar-refractivity contribution is 5.82. The number of morpholine rings is 1. The van der Waals surface area contributed by atoms with E-state index in [1.807, 2.05) is 52.9 Å². The average Bonchev–Trinajstić information content (AvgIpc) is 3.55. The van der Waals surface area contributed by atoms with Crippen molar-refractivity contribution in [2.75, 3.05) is 40.0 Å². The van der Waals surface area contributed by atoms with Crippen LogP contribution in [0.25, 0.3) is 5.69 Å². The summed E-state index contributed by atoms with van der Waals surface area (Å²) in [5, 5.41) is 8.10. The fourth-order valence-corrected chi connectivity index (χ4v) is 3.89. The van der Waals surface area contributed by atoms with Crippen molar-refractivity contribution in [2.24, 2.45) is 0 Å². The zero-order chi connectivity index (χ0) is 21.6. The van der Waals surface area contributed by atoms with Crippen LogP contribution >= 0.6 is 0 Å². The van der Waals surface area contributed by atoms with Crippen LogP contribution in [0, 0.1) is 0 Å². The van der Waals surface area contributed by atoms with Crippen LogP contribution in [0.15, 0.2) is 36.4 Å². The quantitative estimate of drug-likeness (QED) is 0.586. The summed E-state index contributed by atoms with van der Waals surface area (Å²) in [6.45, 7) is 5.12. The molecule has 168 valence electrons. The van der Waals surface area contributed by atoms with Crippen molar-refractivity contribution < 1.29 is 19.0 Å². The van der Waals surface area contributed by atoms with E-state index in [0.717, 1.165) is 37.2 Å². The van der Waals surface area contributed by atoms with Crippen molar-refractivity contribution in [1.82, 2.24) is 20.0 Å². The molecule has 1 saturated heterocycles. The molecule has 0 unspecified atom stereocenters. The number of hydrogen-bond acceptors (Lipinski definition) is 6. The van der Waals surface area contributed by atoms with Gasteiger partial charge in [-0.15, -0.1) is 0 Å². The van der Waals surface area contributed by atoms with Crippen LogP contribution in [0.4, 0.5) is 0 Å². The summed E-state index contributed by atoms with van der Waals surface area (Å²) < 4.78 is 18.7. The van der Waals surface area contributed by atoms with Gasteiger partial charge in [-0.3, -0.25) is 4.79 Å². The molecule has 1 aromatic heterocycles. The number of para-hydroxylation sites is 1. The maximum atomic E-state index is 13.3.